The number of rotatable bonds is 5. The van der Waals surface area contributed by atoms with Gasteiger partial charge in [-0.2, -0.15) is 0 Å². The van der Waals surface area contributed by atoms with Gasteiger partial charge in [0.05, 0.1) is 18.3 Å². The van der Waals surface area contributed by atoms with Crippen molar-refractivity contribution in [3.63, 3.8) is 0 Å². The van der Waals surface area contributed by atoms with E-state index in [0.29, 0.717) is 35.0 Å². The topological polar surface area (TPSA) is 170 Å². The lowest BCUT2D eigenvalue weighted by Gasteiger charge is -2.32. The quantitative estimate of drug-likeness (QED) is 0.230. The molecule has 0 radical (unpaired) electrons. The highest BCUT2D eigenvalue weighted by Gasteiger charge is 2.33. The number of hydrogen-bond donors (Lipinski definition) is 3. The number of hydrogen-bond acceptors (Lipinski definition) is 10. The zero-order valence-corrected chi connectivity index (χ0v) is 30.2. The molecule has 3 aromatic rings. The number of carbonyl (C=O) groups excluding carboxylic acids is 4. The molecule has 1 aliphatic heterocycles. The van der Waals surface area contributed by atoms with Gasteiger partial charge < -0.3 is 24.3 Å². The van der Waals surface area contributed by atoms with E-state index in [9.17, 15) is 19.2 Å². The van der Waals surface area contributed by atoms with E-state index in [1.54, 1.807) is 48.5 Å². The Bertz CT molecular complexity index is 1850. The molecule has 0 saturated heterocycles. The minimum absolute atomic E-state index is 0.0381. The molecular formula is C36H45FN6O8. The van der Waals surface area contributed by atoms with Gasteiger partial charge in [0, 0.05) is 35.8 Å². The summed E-state index contributed by atoms with van der Waals surface area (Å²) in [6.07, 6.45) is 3.01. The van der Waals surface area contributed by atoms with Crippen LogP contribution in [0.5, 0.6) is 5.88 Å². The molecular weight excluding hydrogens is 663 g/mol. The minimum atomic E-state index is -0.892. The molecule has 1 aromatic carbocycles. The van der Waals surface area contributed by atoms with Crippen LogP contribution >= 0.6 is 0 Å². The molecule has 3 N–H and O–H groups in total. The lowest BCUT2D eigenvalue weighted by molar-refractivity contribution is -0.120. The number of pyridine rings is 2. The van der Waals surface area contributed by atoms with E-state index in [2.05, 4.69) is 25.9 Å². The lowest BCUT2D eigenvalue weighted by atomic mass is 9.92. The van der Waals surface area contributed by atoms with Gasteiger partial charge in [0.2, 0.25) is 11.8 Å². The molecule has 2 atom stereocenters. The van der Waals surface area contributed by atoms with Gasteiger partial charge in [-0.1, -0.05) is 6.42 Å². The Morgan fingerprint density at radius 2 is 1.63 bits per heavy atom. The maximum atomic E-state index is 16.7. The summed E-state index contributed by atoms with van der Waals surface area (Å²) in [7, 11) is 0. The molecule has 274 valence electrons. The Morgan fingerprint density at radius 3 is 2.31 bits per heavy atom. The Morgan fingerprint density at radius 1 is 0.922 bits per heavy atom. The highest BCUT2D eigenvalue weighted by atomic mass is 19.1. The molecule has 2 aliphatic rings. The first-order valence-electron chi connectivity index (χ1n) is 16.9. The van der Waals surface area contributed by atoms with E-state index in [4.69, 9.17) is 18.9 Å². The summed E-state index contributed by atoms with van der Waals surface area (Å²) in [5, 5.41) is 8.64. The molecule has 1 saturated carbocycles. The van der Waals surface area contributed by atoms with E-state index < -0.39 is 41.4 Å². The Labute approximate surface area is 295 Å². The third-order valence-corrected chi connectivity index (χ3v) is 8.17. The number of fused-ring (bicyclic) bond motifs is 2. The van der Waals surface area contributed by atoms with Gasteiger partial charge in [0.15, 0.2) is 5.82 Å². The summed E-state index contributed by atoms with van der Waals surface area (Å²) >= 11 is 0. The second kappa shape index (κ2) is 14.6. The van der Waals surface area contributed by atoms with Crippen LogP contribution in [0.1, 0.15) is 79.7 Å². The summed E-state index contributed by atoms with van der Waals surface area (Å²) < 4.78 is 39.2. The van der Waals surface area contributed by atoms with Crippen molar-refractivity contribution < 1.29 is 42.5 Å². The largest absolute Gasteiger partial charge is 0.474 e. The first kappa shape index (κ1) is 37.1. The van der Waals surface area contributed by atoms with Crippen LogP contribution in [0.25, 0.3) is 21.9 Å². The van der Waals surface area contributed by atoms with Crippen LogP contribution < -0.4 is 25.6 Å². The van der Waals surface area contributed by atoms with Gasteiger partial charge in [0.25, 0.3) is 0 Å². The van der Waals surface area contributed by atoms with Crippen molar-refractivity contribution in [2.45, 2.75) is 104 Å². The fourth-order valence-corrected chi connectivity index (χ4v) is 6.11. The molecule has 51 heavy (non-hydrogen) atoms. The predicted octanol–water partition coefficient (Wildman–Crippen LogP) is 7.22. The van der Waals surface area contributed by atoms with E-state index in [-0.39, 0.29) is 53.4 Å². The maximum Gasteiger partial charge on any atom is 0.415 e. The molecule has 1 aliphatic carbocycles. The number of nitrogens with one attached hydrogen (secondary N) is 3. The second-order valence-corrected chi connectivity index (χ2v) is 14.6. The SMILES string of the molecule is CC(=O)N[C@@H]1CCCC[C@H]1OC(=O)Nc1cc2cc(-c3cnc4c(c3C)N(C(=O)OC(C)(C)C)CCO4)c(F)c(NC(=O)OC(C)(C)C)c2cn1. The molecule has 5 rings (SSSR count). The number of amides is 4. The fraction of sp³-hybridized carbons (Fsp3) is 0.500. The van der Waals surface area contributed by atoms with Gasteiger partial charge in [0.1, 0.15) is 35.4 Å². The van der Waals surface area contributed by atoms with Crippen molar-refractivity contribution in [2.75, 3.05) is 28.7 Å². The van der Waals surface area contributed by atoms with Crippen molar-refractivity contribution >= 4 is 52.2 Å². The predicted molar refractivity (Wildman–Crippen MR) is 189 cm³/mol. The van der Waals surface area contributed by atoms with Crippen LogP contribution in [0.15, 0.2) is 24.5 Å². The number of carbonyl (C=O) groups is 4. The molecule has 1 fully saturated rings. The standard InChI is InChI=1S/C36H45FN6O8/c1-19-23(17-39-31-30(19)43(13-14-48-31)34(47)51-36(6,7)8)22-15-21-16-27(41-32(45)49-26-12-10-9-11-25(26)40-20(2)44)38-18-24(21)29(28(22)37)42-33(46)50-35(3,4)5/h15-18,25-26H,9-14H2,1-8H3,(H,40,44)(H,42,46)(H,38,41,45)/t25-,26-/m1/s1. The van der Waals surface area contributed by atoms with Gasteiger partial charge in [-0.15, -0.1) is 0 Å². The summed E-state index contributed by atoms with van der Waals surface area (Å²) in [6, 6.07) is 2.75. The zero-order valence-electron chi connectivity index (χ0n) is 30.2. The van der Waals surface area contributed by atoms with Crippen LogP contribution in [-0.4, -0.2) is 70.7 Å². The van der Waals surface area contributed by atoms with E-state index in [0.717, 1.165) is 12.8 Å². The minimum Gasteiger partial charge on any atom is -0.474 e. The van der Waals surface area contributed by atoms with Crippen molar-refractivity contribution in [3.8, 4) is 17.0 Å². The number of nitrogens with zero attached hydrogens (tertiary/aromatic N) is 3. The Balaban J connectivity index is 1.55. The van der Waals surface area contributed by atoms with Crippen LogP contribution in [-0.2, 0) is 19.0 Å². The summed E-state index contributed by atoms with van der Waals surface area (Å²) in [6.45, 7) is 13.8. The fourth-order valence-electron chi connectivity index (χ4n) is 6.11. The molecule has 3 heterocycles. The van der Waals surface area contributed by atoms with Gasteiger partial charge in [-0.05, 0) is 90.8 Å². The van der Waals surface area contributed by atoms with Crippen LogP contribution in [0.2, 0.25) is 0 Å². The van der Waals surface area contributed by atoms with Crippen molar-refractivity contribution in [2.24, 2.45) is 0 Å². The van der Waals surface area contributed by atoms with Crippen molar-refractivity contribution in [1.82, 2.24) is 15.3 Å². The smallest absolute Gasteiger partial charge is 0.415 e. The average molecular weight is 709 g/mol. The van der Waals surface area contributed by atoms with Gasteiger partial charge >= 0.3 is 18.3 Å². The number of ether oxygens (including phenoxy) is 4. The molecule has 14 nitrogen and oxygen atoms in total. The number of halogens is 1. The van der Waals surface area contributed by atoms with Gasteiger partial charge in [-0.3, -0.25) is 20.3 Å². The third-order valence-electron chi connectivity index (χ3n) is 8.17. The van der Waals surface area contributed by atoms with E-state index in [1.165, 1.54) is 36.4 Å². The zero-order chi connectivity index (χ0) is 37.2. The first-order chi connectivity index (χ1) is 23.9. The van der Waals surface area contributed by atoms with Crippen LogP contribution in [0.3, 0.4) is 0 Å². The van der Waals surface area contributed by atoms with Crippen LogP contribution in [0, 0.1) is 12.7 Å². The maximum absolute atomic E-state index is 16.7. The molecule has 15 heteroatoms. The van der Waals surface area contributed by atoms with Crippen LogP contribution in [0.4, 0.5) is 36.0 Å². The molecule has 0 spiro atoms. The third kappa shape index (κ3) is 8.94. The van der Waals surface area contributed by atoms with E-state index in [1.807, 2.05) is 0 Å². The molecule has 0 unspecified atom stereocenters. The average Bonchev–Trinajstić information content (AvgIpc) is 3.01. The highest BCUT2D eigenvalue weighted by molar-refractivity contribution is 6.05. The number of anilines is 3. The summed E-state index contributed by atoms with van der Waals surface area (Å²) in [4.78, 5) is 61.0. The van der Waals surface area contributed by atoms with Crippen molar-refractivity contribution in [1.29, 1.82) is 0 Å². The van der Waals surface area contributed by atoms with Gasteiger partial charge in [-0.25, -0.2) is 28.7 Å². The lowest BCUT2D eigenvalue weighted by Crippen LogP contribution is -2.46. The Hall–Kier alpha value is -5.21. The monoisotopic (exact) mass is 708 g/mol. The highest BCUT2D eigenvalue weighted by Crippen LogP contribution is 2.42. The number of aromatic nitrogens is 2. The summed E-state index contributed by atoms with van der Waals surface area (Å²) in [5.41, 5.74) is -0.695. The Kier molecular flexibility index (Phi) is 10.6. The molecule has 4 amide bonds. The number of benzene rings is 1. The summed E-state index contributed by atoms with van der Waals surface area (Å²) in [5.74, 6) is -0.720. The normalized spacial score (nSPS) is 17.5. The first-order valence-corrected chi connectivity index (χ1v) is 16.9. The van der Waals surface area contributed by atoms with Crippen molar-refractivity contribution in [3.05, 3.63) is 35.9 Å². The van der Waals surface area contributed by atoms with E-state index >= 15 is 4.39 Å². The molecule has 0 bridgehead atoms. The second-order valence-electron chi connectivity index (χ2n) is 14.6. The molecule has 2 aromatic heterocycles.